The second kappa shape index (κ2) is 6.08. The van der Waals surface area contributed by atoms with Crippen LogP contribution in [-0.2, 0) is 16.0 Å². The summed E-state index contributed by atoms with van der Waals surface area (Å²) in [5.41, 5.74) is 3.81. The van der Waals surface area contributed by atoms with Crippen LogP contribution in [0.25, 0.3) is 33.3 Å². The first-order valence-electron chi connectivity index (χ1n) is 8.49. The molecule has 0 bridgehead atoms. The highest BCUT2D eigenvalue weighted by Crippen LogP contribution is 2.24. The van der Waals surface area contributed by atoms with E-state index in [1.807, 2.05) is 18.3 Å². The van der Waals surface area contributed by atoms with Crippen molar-refractivity contribution < 1.29 is 9.47 Å². The Bertz CT molecular complexity index is 1140. The molecule has 0 aliphatic carbocycles. The van der Waals surface area contributed by atoms with Crippen molar-refractivity contribution in [3.05, 3.63) is 47.3 Å². The second-order valence-electron chi connectivity index (χ2n) is 6.34. The Labute approximate surface area is 147 Å². The largest absolute Gasteiger partial charge is 0.376 e. The smallest absolute Gasteiger partial charge is 0.327 e. The molecule has 0 saturated carbocycles. The molecule has 0 aromatic carbocycles. The molecule has 1 atom stereocenters. The Morgan fingerprint density at radius 3 is 2.85 bits per heavy atom. The number of hydrogen-bond donors (Lipinski definition) is 2. The first-order chi connectivity index (χ1) is 12.8. The van der Waals surface area contributed by atoms with E-state index >= 15 is 0 Å². The first-order valence-corrected chi connectivity index (χ1v) is 8.49. The number of pyridine rings is 2. The number of aromatic nitrogens is 5. The van der Waals surface area contributed by atoms with E-state index in [4.69, 9.17) is 9.47 Å². The Hall–Kier alpha value is -2.97. The van der Waals surface area contributed by atoms with Crippen molar-refractivity contribution >= 4 is 22.2 Å². The number of rotatable bonds is 3. The van der Waals surface area contributed by atoms with Crippen molar-refractivity contribution in [2.24, 2.45) is 0 Å². The van der Waals surface area contributed by atoms with Gasteiger partial charge in [0.15, 0.2) is 5.65 Å². The van der Waals surface area contributed by atoms with Crippen LogP contribution in [-0.4, -0.2) is 50.4 Å². The molecule has 26 heavy (non-hydrogen) atoms. The molecule has 0 spiro atoms. The average Bonchev–Trinajstić information content (AvgIpc) is 3.26. The maximum Gasteiger partial charge on any atom is 0.327 e. The fourth-order valence-corrected chi connectivity index (χ4v) is 3.32. The predicted molar refractivity (Wildman–Crippen MR) is 96.0 cm³/mol. The van der Waals surface area contributed by atoms with Crippen LogP contribution in [0.1, 0.15) is 0 Å². The van der Waals surface area contributed by atoms with Gasteiger partial charge in [0.2, 0.25) is 0 Å². The van der Waals surface area contributed by atoms with E-state index in [-0.39, 0.29) is 11.8 Å². The summed E-state index contributed by atoms with van der Waals surface area (Å²) in [7, 11) is 0. The number of ether oxygens (including phenoxy) is 2. The highest BCUT2D eigenvalue weighted by Gasteiger charge is 2.18. The van der Waals surface area contributed by atoms with Gasteiger partial charge in [-0.05, 0) is 18.2 Å². The molecule has 8 heteroatoms. The van der Waals surface area contributed by atoms with Gasteiger partial charge >= 0.3 is 5.69 Å². The molecule has 2 N–H and O–H groups in total. The van der Waals surface area contributed by atoms with Crippen LogP contribution in [0.5, 0.6) is 0 Å². The first kappa shape index (κ1) is 15.3. The summed E-state index contributed by atoms with van der Waals surface area (Å²) in [6, 6.07) is 5.98. The van der Waals surface area contributed by atoms with Crippen LogP contribution in [0.3, 0.4) is 0 Å². The normalized spacial score (nSPS) is 17.9. The number of nitrogens with one attached hydrogen (secondary N) is 2. The van der Waals surface area contributed by atoms with Gasteiger partial charge in [0.1, 0.15) is 5.65 Å². The summed E-state index contributed by atoms with van der Waals surface area (Å²) in [6.07, 6.45) is 5.27. The van der Waals surface area contributed by atoms with E-state index in [0.29, 0.717) is 32.0 Å². The topological polar surface area (TPSA) is 97.8 Å². The van der Waals surface area contributed by atoms with Crippen molar-refractivity contribution in [2.45, 2.75) is 12.6 Å². The van der Waals surface area contributed by atoms with Crippen LogP contribution in [0, 0.1) is 0 Å². The van der Waals surface area contributed by atoms with E-state index in [2.05, 4.69) is 26.0 Å². The Balaban J connectivity index is 1.57. The van der Waals surface area contributed by atoms with Gasteiger partial charge in [0, 0.05) is 35.1 Å². The molecule has 1 fully saturated rings. The lowest BCUT2D eigenvalue weighted by Crippen LogP contribution is -2.34. The van der Waals surface area contributed by atoms with Crippen molar-refractivity contribution in [3.63, 3.8) is 0 Å². The molecule has 4 aromatic rings. The molecule has 0 radical (unpaired) electrons. The van der Waals surface area contributed by atoms with E-state index in [1.54, 1.807) is 17.0 Å². The lowest BCUT2D eigenvalue weighted by atomic mass is 10.1. The minimum absolute atomic E-state index is 0.137. The number of hydrogen-bond acceptors (Lipinski definition) is 5. The third-order valence-corrected chi connectivity index (χ3v) is 4.63. The van der Waals surface area contributed by atoms with Gasteiger partial charge in [0.25, 0.3) is 0 Å². The standard InChI is InChI=1S/C18H17N5O3/c24-18-22-17-15(23(18)9-14-10-25-3-4-26-14)6-13(8-21-17)12-5-11-1-2-19-16(11)20-7-12/h1-2,5-8,14H,3-4,9-10H2,(H,19,20)(H,21,22,24)/t14-/m1/s1. The van der Waals surface area contributed by atoms with Crippen LogP contribution < -0.4 is 5.69 Å². The molecule has 5 rings (SSSR count). The third kappa shape index (κ3) is 2.59. The van der Waals surface area contributed by atoms with Crippen LogP contribution >= 0.6 is 0 Å². The highest BCUT2D eigenvalue weighted by molar-refractivity contribution is 5.84. The minimum atomic E-state index is -0.196. The summed E-state index contributed by atoms with van der Waals surface area (Å²) in [6.45, 7) is 2.06. The minimum Gasteiger partial charge on any atom is -0.376 e. The highest BCUT2D eigenvalue weighted by atomic mass is 16.6. The van der Waals surface area contributed by atoms with Crippen LogP contribution in [0.15, 0.2) is 41.6 Å². The summed E-state index contributed by atoms with van der Waals surface area (Å²) in [5, 5.41) is 1.03. The molecule has 1 saturated heterocycles. The van der Waals surface area contributed by atoms with Gasteiger partial charge in [-0.25, -0.2) is 14.8 Å². The van der Waals surface area contributed by atoms with Gasteiger partial charge in [-0.1, -0.05) is 0 Å². The zero-order valence-electron chi connectivity index (χ0n) is 13.9. The zero-order valence-corrected chi connectivity index (χ0v) is 13.9. The average molecular weight is 351 g/mol. The monoisotopic (exact) mass is 351 g/mol. The van der Waals surface area contributed by atoms with E-state index in [9.17, 15) is 4.79 Å². The number of fused-ring (bicyclic) bond motifs is 2. The Morgan fingerprint density at radius 2 is 2.00 bits per heavy atom. The molecule has 0 unspecified atom stereocenters. The van der Waals surface area contributed by atoms with E-state index in [1.165, 1.54) is 0 Å². The molecule has 1 aliphatic rings. The quantitative estimate of drug-likeness (QED) is 0.585. The number of aromatic amines is 2. The summed E-state index contributed by atoms with van der Waals surface area (Å²) < 4.78 is 12.8. The molecular formula is C18H17N5O3. The molecule has 8 nitrogen and oxygen atoms in total. The van der Waals surface area contributed by atoms with Crippen molar-refractivity contribution in [1.29, 1.82) is 0 Å². The number of H-pyrrole nitrogens is 2. The third-order valence-electron chi connectivity index (χ3n) is 4.63. The lowest BCUT2D eigenvalue weighted by molar-refractivity contribution is -0.0934. The zero-order chi connectivity index (χ0) is 17.5. The van der Waals surface area contributed by atoms with E-state index < -0.39 is 0 Å². The molecule has 1 aliphatic heterocycles. The maximum absolute atomic E-state index is 12.4. The van der Waals surface area contributed by atoms with Crippen molar-refractivity contribution in [3.8, 4) is 11.1 Å². The second-order valence-corrected chi connectivity index (χ2v) is 6.34. The van der Waals surface area contributed by atoms with Crippen LogP contribution in [0.4, 0.5) is 0 Å². The van der Waals surface area contributed by atoms with Gasteiger partial charge in [-0.3, -0.25) is 9.55 Å². The number of imidazole rings is 1. The fourth-order valence-electron chi connectivity index (χ4n) is 3.32. The summed E-state index contributed by atoms with van der Waals surface area (Å²) >= 11 is 0. The van der Waals surface area contributed by atoms with Crippen molar-refractivity contribution in [1.82, 2.24) is 24.5 Å². The molecule has 4 aromatic heterocycles. The summed E-state index contributed by atoms with van der Waals surface area (Å²) in [4.78, 5) is 27.1. The Morgan fingerprint density at radius 1 is 1.15 bits per heavy atom. The van der Waals surface area contributed by atoms with Crippen molar-refractivity contribution in [2.75, 3.05) is 19.8 Å². The van der Waals surface area contributed by atoms with Gasteiger partial charge < -0.3 is 14.5 Å². The fraction of sp³-hybridized carbons (Fsp3) is 0.278. The van der Waals surface area contributed by atoms with Crippen LogP contribution in [0.2, 0.25) is 0 Å². The number of nitrogens with zero attached hydrogens (tertiary/aromatic N) is 3. The molecule has 132 valence electrons. The van der Waals surface area contributed by atoms with E-state index in [0.717, 1.165) is 27.7 Å². The molecular weight excluding hydrogens is 334 g/mol. The Kier molecular flexibility index (Phi) is 3.58. The molecule has 0 amide bonds. The lowest BCUT2D eigenvalue weighted by Gasteiger charge is -2.23. The maximum atomic E-state index is 12.4. The van der Waals surface area contributed by atoms with Gasteiger partial charge in [-0.2, -0.15) is 0 Å². The summed E-state index contributed by atoms with van der Waals surface area (Å²) in [5.74, 6) is 0. The molecule has 5 heterocycles. The van der Waals surface area contributed by atoms with Gasteiger partial charge in [0.05, 0.1) is 38.0 Å². The van der Waals surface area contributed by atoms with Gasteiger partial charge in [-0.15, -0.1) is 0 Å². The SMILES string of the molecule is O=c1[nH]c2ncc(-c3cnc4[nH]ccc4c3)cc2n1C[C@@H]1COCCO1. The predicted octanol–water partition coefficient (Wildman–Crippen LogP) is 1.68.